The summed E-state index contributed by atoms with van der Waals surface area (Å²) in [6, 6.07) is 7.85. The first-order valence-corrected chi connectivity index (χ1v) is 6.10. The van der Waals surface area contributed by atoms with Gasteiger partial charge in [0.15, 0.2) is 11.6 Å². The van der Waals surface area contributed by atoms with Crippen LogP contribution in [0.25, 0.3) is 6.08 Å². The van der Waals surface area contributed by atoms with Crippen LogP contribution in [0.15, 0.2) is 35.0 Å². The van der Waals surface area contributed by atoms with Crippen LogP contribution in [-0.4, -0.2) is 32.6 Å². The van der Waals surface area contributed by atoms with E-state index in [9.17, 15) is 0 Å². The highest BCUT2D eigenvalue weighted by molar-refractivity contribution is 6.00. The van der Waals surface area contributed by atoms with Gasteiger partial charge in [0.1, 0.15) is 12.4 Å². The lowest BCUT2D eigenvalue weighted by atomic mass is 10.2. The molecule has 0 atom stereocenters. The number of nitrogens with zero attached hydrogens (tertiary/aromatic N) is 1. The van der Waals surface area contributed by atoms with E-state index in [0.29, 0.717) is 13.2 Å². The zero-order valence-corrected chi connectivity index (χ0v) is 10.8. The summed E-state index contributed by atoms with van der Waals surface area (Å²) in [4.78, 5) is 4.42. The van der Waals surface area contributed by atoms with E-state index in [1.54, 1.807) is 7.11 Å². The van der Waals surface area contributed by atoms with Crippen LogP contribution in [-0.2, 0) is 4.74 Å². The molecule has 1 N–H and O–H groups in total. The van der Waals surface area contributed by atoms with Gasteiger partial charge < -0.3 is 14.8 Å². The normalized spacial score (nSPS) is 17.0. The van der Waals surface area contributed by atoms with Gasteiger partial charge >= 0.3 is 0 Å². The van der Waals surface area contributed by atoms with E-state index in [2.05, 4.69) is 10.3 Å². The molecule has 96 valence electrons. The predicted octanol–water partition coefficient (Wildman–Crippen LogP) is 2.07. The molecule has 1 aliphatic heterocycles. The molecule has 2 rings (SSSR count). The van der Waals surface area contributed by atoms with Crippen molar-refractivity contribution < 1.29 is 9.47 Å². The molecule has 0 unspecified atom stereocenters. The number of hydrogen-bond acceptors (Lipinski definition) is 4. The van der Waals surface area contributed by atoms with Gasteiger partial charge in [0.2, 0.25) is 0 Å². The summed E-state index contributed by atoms with van der Waals surface area (Å²) in [5, 5.41) is 3.21. The number of methoxy groups -OCH3 is 1. The van der Waals surface area contributed by atoms with Gasteiger partial charge in [-0.05, 0) is 30.7 Å². The molecule has 1 aromatic rings. The fraction of sp³-hybridized carbons (Fsp3) is 0.357. The Bertz CT molecular complexity index is 467. The van der Waals surface area contributed by atoms with E-state index < -0.39 is 0 Å². The number of ether oxygens (including phenoxy) is 2. The van der Waals surface area contributed by atoms with E-state index in [1.807, 2.05) is 37.3 Å². The van der Waals surface area contributed by atoms with Gasteiger partial charge in [0.05, 0.1) is 13.7 Å². The van der Waals surface area contributed by atoms with Gasteiger partial charge in [0, 0.05) is 6.54 Å². The van der Waals surface area contributed by atoms with Crippen molar-refractivity contribution in [3.05, 3.63) is 35.6 Å². The number of nitrogens with one attached hydrogen (secondary N) is 1. The molecule has 4 heteroatoms. The molecule has 0 aromatic heterocycles. The Morgan fingerprint density at radius 3 is 3.17 bits per heavy atom. The lowest BCUT2D eigenvalue weighted by Gasteiger charge is -2.18. The zero-order valence-electron chi connectivity index (χ0n) is 10.8. The van der Waals surface area contributed by atoms with Gasteiger partial charge in [-0.25, -0.2) is 0 Å². The van der Waals surface area contributed by atoms with Crippen LogP contribution < -0.4 is 10.1 Å². The van der Waals surface area contributed by atoms with Gasteiger partial charge in [-0.3, -0.25) is 4.99 Å². The molecule has 4 nitrogen and oxygen atoms in total. The standard InChI is InChI=1S/C14H18N2O2/c1-3-15-14-13(18-8-7-16-14)10-11-5-4-6-12(9-11)17-2/h4-6,9-10H,3,7-8H2,1-2H3,(H,15,16)/b13-10-. The highest BCUT2D eigenvalue weighted by atomic mass is 16.5. The van der Waals surface area contributed by atoms with Crippen LogP contribution in [0.3, 0.4) is 0 Å². The molecule has 0 radical (unpaired) electrons. The van der Waals surface area contributed by atoms with Crippen molar-refractivity contribution in [2.24, 2.45) is 4.99 Å². The highest BCUT2D eigenvalue weighted by Crippen LogP contribution is 2.17. The monoisotopic (exact) mass is 246 g/mol. The molecule has 1 aliphatic rings. The second-order valence-corrected chi connectivity index (χ2v) is 3.89. The van der Waals surface area contributed by atoms with Crippen LogP contribution in [0, 0.1) is 0 Å². The number of likely N-dealkylation sites (N-methyl/N-ethyl adjacent to an activating group) is 1. The van der Waals surface area contributed by atoms with Gasteiger partial charge in [-0.2, -0.15) is 0 Å². The van der Waals surface area contributed by atoms with Crippen LogP contribution in [0.2, 0.25) is 0 Å². The first-order valence-electron chi connectivity index (χ1n) is 6.10. The molecular weight excluding hydrogens is 228 g/mol. The Balaban J connectivity index is 2.24. The maximum atomic E-state index is 5.65. The molecule has 0 saturated carbocycles. The molecule has 18 heavy (non-hydrogen) atoms. The molecule has 1 aromatic carbocycles. The average Bonchev–Trinajstić information content (AvgIpc) is 2.41. The Kier molecular flexibility index (Phi) is 4.23. The molecule has 0 saturated heterocycles. The number of aliphatic imine (C=N–C) groups is 1. The Morgan fingerprint density at radius 2 is 2.39 bits per heavy atom. The van der Waals surface area contributed by atoms with Crippen LogP contribution in [0.1, 0.15) is 12.5 Å². The van der Waals surface area contributed by atoms with Crippen LogP contribution in [0.4, 0.5) is 0 Å². The largest absolute Gasteiger partial charge is 0.497 e. The quantitative estimate of drug-likeness (QED) is 0.888. The third-order valence-electron chi connectivity index (χ3n) is 2.59. The molecule has 0 spiro atoms. The second-order valence-electron chi connectivity index (χ2n) is 3.89. The van der Waals surface area contributed by atoms with Crippen molar-refractivity contribution in [1.29, 1.82) is 0 Å². The average molecular weight is 246 g/mol. The molecule has 0 bridgehead atoms. The minimum atomic E-state index is 0.630. The lowest BCUT2D eigenvalue weighted by Crippen LogP contribution is -2.30. The Morgan fingerprint density at radius 1 is 1.50 bits per heavy atom. The summed E-state index contributed by atoms with van der Waals surface area (Å²) in [7, 11) is 1.66. The second kappa shape index (κ2) is 6.10. The van der Waals surface area contributed by atoms with Crippen LogP contribution in [0.5, 0.6) is 5.75 Å². The van der Waals surface area contributed by atoms with Crippen molar-refractivity contribution in [3.8, 4) is 5.75 Å². The summed E-state index contributed by atoms with van der Waals surface area (Å²) in [6.07, 6.45) is 1.98. The van der Waals surface area contributed by atoms with Crippen molar-refractivity contribution >= 4 is 11.9 Å². The molecular formula is C14H18N2O2. The van der Waals surface area contributed by atoms with E-state index in [1.165, 1.54) is 0 Å². The highest BCUT2D eigenvalue weighted by Gasteiger charge is 2.12. The topological polar surface area (TPSA) is 42.9 Å². The third-order valence-corrected chi connectivity index (χ3v) is 2.59. The predicted molar refractivity (Wildman–Crippen MR) is 72.9 cm³/mol. The Hall–Kier alpha value is -1.97. The van der Waals surface area contributed by atoms with Gasteiger partial charge in [0.25, 0.3) is 0 Å². The molecule has 0 fully saturated rings. The SMILES string of the molecule is CCNC1=NCCO/C1=C\c1cccc(OC)c1. The Labute approximate surface area is 107 Å². The third kappa shape index (κ3) is 3.03. The van der Waals surface area contributed by atoms with Crippen molar-refractivity contribution in [2.75, 3.05) is 26.8 Å². The molecule has 1 heterocycles. The van der Waals surface area contributed by atoms with E-state index in [0.717, 1.165) is 29.5 Å². The smallest absolute Gasteiger partial charge is 0.164 e. The maximum Gasteiger partial charge on any atom is 0.164 e. The number of benzene rings is 1. The summed E-state index contributed by atoms with van der Waals surface area (Å²) in [5.74, 6) is 2.45. The summed E-state index contributed by atoms with van der Waals surface area (Å²) in [6.45, 7) is 4.21. The maximum absolute atomic E-state index is 5.65. The van der Waals surface area contributed by atoms with E-state index in [-0.39, 0.29) is 0 Å². The fourth-order valence-corrected chi connectivity index (χ4v) is 1.76. The zero-order chi connectivity index (χ0) is 12.8. The number of rotatable bonds is 3. The molecule has 0 aliphatic carbocycles. The van der Waals surface area contributed by atoms with Gasteiger partial charge in [-0.15, -0.1) is 0 Å². The first kappa shape index (κ1) is 12.5. The summed E-state index contributed by atoms with van der Waals surface area (Å²) >= 11 is 0. The first-order chi connectivity index (χ1) is 8.83. The van der Waals surface area contributed by atoms with Gasteiger partial charge in [-0.1, -0.05) is 12.1 Å². The minimum Gasteiger partial charge on any atom is -0.497 e. The summed E-state index contributed by atoms with van der Waals surface area (Å²) in [5.41, 5.74) is 1.04. The van der Waals surface area contributed by atoms with Crippen molar-refractivity contribution in [1.82, 2.24) is 5.32 Å². The minimum absolute atomic E-state index is 0.630. The summed E-state index contributed by atoms with van der Waals surface area (Å²) < 4.78 is 10.8. The van der Waals surface area contributed by atoms with E-state index in [4.69, 9.17) is 9.47 Å². The van der Waals surface area contributed by atoms with Crippen molar-refractivity contribution in [3.63, 3.8) is 0 Å². The fourth-order valence-electron chi connectivity index (χ4n) is 1.76. The van der Waals surface area contributed by atoms with Crippen molar-refractivity contribution in [2.45, 2.75) is 6.92 Å². The number of amidine groups is 1. The lowest BCUT2D eigenvalue weighted by molar-refractivity contribution is 0.232. The number of hydrogen-bond donors (Lipinski definition) is 1. The van der Waals surface area contributed by atoms with E-state index >= 15 is 0 Å². The molecule has 0 amide bonds. The van der Waals surface area contributed by atoms with Crippen LogP contribution >= 0.6 is 0 Å².